The number of hydrogen-bond donors (Lipinski definition) is 2. The van der Waals surface area contributed by atoms with Crippen LogP contribution in [0.4, 0.5) is 20.3 Å². The highest BCUT2D eigenvalue weighted by Crippen LogP contribution is 2.13. The van der Waals surface area contributed by atoms with Gasteiger partial charge < -0.3 is 10.6 Å². The minimum Gasteiger partial charge on any atom is -0.370 e. The summed E-state index contributed by atoms with van der Waals surface area (Å²) >= 11 is 0. The Morgan fingerprint density at radius 2 is 1.73 bits per heavy atom. The summed E-state index contributed by atoms with van der Waals surface area (Å²) < 4.78 is 26.5. The summed E-state index contributed by atoms with van der Waals surface area (Å²) in [5.41, 5.74) is 1.48. The van der Waals surface area contributed by atoms with Gasteiger partial charge in [0.2, 0.25) is 0 Å². The van der Waals surface area contributed by atoms with E-state index in [1.807, 2.05) is 0 Å². The number of nitrogens with zero attached hydrogens (tertiary/aromatic N) is 1. The third-order valence-electron chi connectivity index (χ3n) is 3.77. The van der Waals surface area contributed by atoms with Crippen LogP contribution in [0.25, 0.3) is 0 Å². The van der Waals surface area contributed by atoms with E-state index < -0.39 is 11.7 Å². The molecule has 1 amide bonds. The minimum absolute atomic E-state index is 0.0194. The van der Waals surface area contributed by atoms with E-state index in [2.05, 4.69) is 15.6 Å². The molecule has 0 aliphatic heterocycles. The number of rotatable bonds is 6. The predicted octanol–water partition coefficient (Wildman–Crippen LogP) is 4.27. The van der Waals surface area contributed by atoms with Crippen molar-refractivity contribution < 1.29 is 13.6 Å². The molecule has 0 atom stereocenters. The van der Waals surface area contributed by atoms with Crippen LogP contribution < -0.4 is 10.6 Å². The van der Waals surface area contributed by atoms with Gasteiger partial charge in [0, 0.05) is 6.54 Å². The van der Waals surface area contributed by atoms with Crippen LogP contribution >= 0.6 is 0 Å². The topological polar surface area (TPSA) is 54.0 Å². The molecule has 1 heterocycles. The van der Waals surface area contributed by atoms with Crippen molar-refractivity contribution >= 4 is 17.4 Å². The number of amides is 1. The first kappa shape index (κ1) is 17.5. The molecule has 0 radical (unpaired) electrons. The lowest BCUT2D eigenvalue weighted by atomic mass is 10.1. The molecule has 26 heavy (non-hydrogen) atoms. The fourth-order valence-corrected chi connectivity index (χ4v) is 2.40. The van der Waals surface area contributed by atoms with Crippen molar-refractivity contribution in [1.82, 2.24) is 4.98 Å². The van der Waals surface area contributed by atoms with E-state index >= 15 is 0 Å². The Morgan fingerprint density at radius 3 is 2.42 bits per heavy atom. The number of halogens is 2. The monoisotopic (exact) mass is 353 g/mol. The first-order valence-corrected chi connectivity index (χ1v) is 8.12. The fraction of sp³-hybridized carbons (Fsp3) is 0.100. The standard InChI is InChI=1S/C20H17F2N3O/c21-15-7-5-14(6-8-15)11-12-23-19-10-9-16(13-24-19)25-20(26)17-3-1-2-4-18(17)22/h1-10,13H,11-12H2,(H,23,24)(H,25,26). The molecule has 0 aliphatic rings. The Morgan fingerprint density at radius 1 is 0.962 bits per heavy atom. The number of pyridine rings is 1. The fourth-order valence-electron chi connectivity index (χ4n) is 2.40. The van der Waals surface area contributed by atoms with Gasteiger partial charge in [-0.2, -0.15) is 0 Å². The molecule has 0 bridgehead atoms. The van der Waals surface area contributed by atoms with Gasteiger partial charge >= 0.3 is 0 Å². The Hall–Kier alpha value is -3.28. The first-order chi connectivity index (χ1) is 12.6. The number of carbonyl (C=O) groups is 1. The zero-order valence-corrected chi connectivity index (χ0v) is 13.9. The molecule has 1 aromatic heterocycles. The number of aromatic nitrogens is 1. The molecule has 132 valence electrons. The van der Waals surface area contributed by atoms with E-state index in [9.17, 15) is 13.6 Å². The summed E-state index contributed by atoms with van der Waals surface area (Å²) in [5, 5.41) is 5.76. The van der Waals surface area contributed by atoms with Crippen molar-refractivity contribution in [3.05, 3.63) is 89.6 Å². The maximum atomic E-state index is 13.6. The lowest BCUT2D eigenvalue weighted by molar-refractivity contribution is 0.102. The zero-order valence-electron chi connectivity index (χ0n) is 13.9. The van der Waals surface area contributed by atoms with Crippen molar-refractivity contribution in [2.24, 2.45) is 0 Å². The summed E-state index contributed by atoms with van der Waals surface area (Å²) in [6.45, 7) is 0.638. The maximum Gasteiger partial charge on any atom is 0.258 e. The van der Waals surface area contributed by atoms with Crippen LogP contribution in [0.5, 0.6) is 0 Å². The molecule has 0 saturated carbocycles. The normalized spacial score (nSPS) is 10.4. The maximum absolute atomic E-state index is 13.6. The van der Waals surface area contributed by atoms with E-state index in [1.54, 1.807) is 30.3 Å². The SMILES string of the molecule is O=C(Nc1ccc(NCCc2ccc(F)cc2)nc1)c1ccccc1F. The number of anilines is 2. The second-order valence-electron chi connectivity index (χ2n) is 5.67. The van der Waals surface area contributed by atoms with E-state index in [1.165, 1.54) is 36.5 Å². The van der Waals surface area contributed by atoms with Crippen molar-refractivity contribution in [1.29, 1.82) is 0 Å². The lowest BCUT2D eigenvalue weighted by Gasteiger charge is -2.08. The Labute approximate surface area is 149 Å². The molecule has 6 heteroatoms. The first-order valence-electron chi connectivity index (χ1n) is 8.12. The van der Waals surface area contributed by atoms with Gasteiger partial charge in [0.25, 0.3) is 5.91 Å². The summed E-state index contributed by atoms with van der Waals surface area (Å²) in [7, 11) is 0. The largest absolute Gasteiger partial charge is 0.370 e. The van der Waals surface area contributed by atoms with Crippen LogP contribution in [0.15, 0.2) is 66.9 Å². The van der Waals surface area contributed by atoms with Crippen LogP contribution in [-0.2, 0) is 6.42 Å². The van der Waals surface area contributed by atoms with Crippen molar-refractivity contribution in [2.75, 3.05) is 17.2 Å². The van der Waals surface area contributed by atoms with Gasteiger partial charge in [-0.25, -0.2) is 13.8 Å². The summed E-state index contributed by atoms with van der Waals surface area (Å²) in [6, 6.07) is 15.5. The van der Waals surface area contributed by atoms with Crippen LogP contribution in [-0.4, -0.2) is 17.4 Å². The minimum atomic E-state index is -0.572. The third-order valence-corrected chi connectivity index (χ3v) is 3.77. The molecular formula is C20H17F2N3O. The predicted molar refractivity (Wildman–Crippen MR) is 97.2 cm³/mol. The molecule has 0 aliphatic carbocycles. The van der Waals surface area contributed by atoms with E-state index in [0.29, 0.717) is 18.1 Å². The number of benzene rings is 2. The molecule has 2 N–H and O–H groups in total. The lowest BCUT2D eigenvalue weighted by Crippen LogP contribution is -2.14. The highest BCUT2D eigenvalue weighted by molar-refractivity contribution is 6.04. The third kappa shape index (κ3) is 4.63. The van der Waals surface area contributed by atoms with Crippen LogP contribution in [0.1, 0.15) is 15.9 Å². The van der Waals surface area contributed by atoms with Crippen molar-refractivity contribution in [2.45, 2.75) is 6.42 Å². The molecule has 0 unspecified atom stereocenters. The molecule has 0 fully saturated rings. The summed E-state index contributed by atoms with van der Waals surface area (Å²) in [4.78, 5) is 16.3. The van der Waals surface area contributed by atoms with Gasteiger partial charge in [-0.15, -0.1) is 0 Å². The Kier molecular flexibility index (Phi) is 5.53. The summed E-state index contributed by atoms with van der Waals surface area (Å²) in [6.07, 6.45) is 2.23. The molecule has 3 rings (SSSR count). The van der Waals surface area contributed by atoms with Crippen molar-refractivity contribution in [3.63, 3.8) is 0 Å². The number of nitrogens with one attached hydrogen (secondary N) is 2. The zero-order chi connectivity index (χ0) is 18.4. The van der Waals surface area contributed by atoms with Crippen LogP contribution in [0, 0.1) is 11.6 Å². The molecule has 4 nitrogen and oxygen atoms in total. The van der Waals surface area contributed by atoms with E-state index in [-0.39, 0.29) is 11.4 Å². The van der Waals surface area contributed by atoms with Gasteiger partial charge in [0.05, 0.1) is 17.4 Å². The van der Waals surface area contributed by atoms with Crippen molar-refractivity contribution in [3.8, 4) is 0 Å². The average Bonchev–Trinajstić information content (AvgIpc) is 2.65. The molecule has 3 aromatic rings. The van der Waals surface area contributed by atoms with E-state index in [0.717, 1.165) is 12.0 Å². The van der Waals surface area contributed by atoms with E-state index in [4.69, 9.17) is 0 Å². The molecule has 2 aromatic carbocycles. The van der Waals surface area contributed by atoms with Gasteiger partial charge in [0.1, 0.15) is 17.5 Å². The average molecular weight is 353 g/mol. The molecule has 0 spiro atoms. The highest BCUT2D eigenvalue weighted by Gasteiger charge is 2.11. The Bertz CT molecular complexity index is 880. The van der Waals surface area contributed by atoms with Crippen LogP contribution in [0.3, 0.4) is 0 Å². The quantitative estimate of drug-likeness (QED) is 0.696. The van der Waals surface area contributed by atoms with Gasteiger partial charge in [-0.1, -0.05) is 24.3 Å². The molecule has 0 saturated heterocycles. The second-order valence-corrected chi connectivity index (χ2v) is 5.67. The second kappa shape index (κ2) is 8.20. The Balaban J connectivity index is 1.52. The van der Waals surface area contributed by atoms with Gasteiger partial charge in [-0.3, -0.25) is 4.79 Å². The number of carbonyl (C=O) groups excluding carboxylic acids is 1. The van der Waals surface area contributed by atoms with Crippen LogP contribution in [0.2, 0.25) is 0 Å². The smallest absolute Gasteiger partial charge is 0.258 e. The molecular weight excluding hydrogens is 336 g/mol. The number of hydrogen-bond acceptors (Lipinski definition) is 3. The summed E-state index contributed by atoms with van der Waals surface area (Å²) in [5.74, 6) is -0.702. The van der Waals surface area contributed by atoms with Gasteiger partial charge in [0.15, 0.2) is 0 Å². The van der Waals surface area contributed by atoms with Gasteiger partial charge in [-0.05, 0) is 48.4 Å². The highest BCUT2D eigenvalue weighted by atomic mass is 19.1.